The maximum Gasteiger partial charge on any atom is 0.0233 e. The molecule has 4 atom stereocenters. The van der Waals surface area contributed by atoms with Gasteiger partial charge < -0.3 is 10.2 Å². The molecule has 1 saturated carbocycles. The molecule has 1 aliphatic carbocycles. The van der Waals surface area contributed by atoms with E-state index >= 15 is 0 Å². The molecule has 1 N–H and O–H groups in total. The Labute approximate surface area is 130 Å². The van der Waals surface area contributed by atoms with Crippen LogP contribution in [-0.4, -0.2) is 31.6 Å². The van der Waals surface area contributed by atoms with Gasteiger partial charge in [0.25, 0.3) is 0 Å². The summed E-state index contributed by atoms with van der Waals surface area (Å²) in [6, 6.07) is 9.42. The van der Waals surface area contributed by atoms with E-state index in [4.69, 9.17) is 0 Å². The normalized spacial score (nSPS) is 29.8. The maximum absolute atomic E-state index is 3.57. The smallest absolute Gasteiger partial charge is 0.0233 e. The molecule has 2 heteroatoms. The number of aryl methyl sites for hydroxylation is 1. The largest absolute Gasteiger partial charge is 0.317 e. The van der Waals surface area contributed by atoms with Gasteiger partial charge in [0.05, 0.1) is 0 Å². The topological polar surface area (TPSA) is 15.3 Å². The van der Waals surface area contributed by atoms with Crippen LogP contribution in [0.2, 0.25) is 0 Å². The van der Waals surface area contributed by atoms with E-state index in [2.05, 4.69) is 69.3 Å². The van der Waals surface area contributed by atoms with Crippen LogP contribution in [0.15, 0.2) is 24.3 Å². The van der Waals surface area contributed by atoms with Crippen molar-refractivity contribution >= 4 is 0 Å². The summed E-state index contributed by atoms with van der Waals surface area (Å²) < 4.78 is 0. The lowest BCUT2D eigenvalue weighted by molar-refractivity contribution is 0.113. The standard InChI is InChI=1S/C19H32N2/c1-14-10-16(3)18(19(11-14)20-4)13-21(5)12-17-9-7-6-8-15(17)2/h6-9,14,16,18-20H,10-13H2,1-5H3. The highest BCUT2D eigenvalue weighted by molar-refractivity contribution is 5.25. The summed E-state index contributed by atoms with van der Waals surface area (Å²) in [4.78, 5) is 2.50. The molecule has 1 aliphatic rings. The van der Waals surface area contributed by atoms with Gasteiger partial charge in [-0.2, -0.15) is 0 Å². The Bertz CT molecular complexity index is 443. The molecule has 1 fully saturated rings. The van der Waals surface area contributed by atoms with Crippen LogP contribution >= 0.6 is 0 Å². The van der Waals surface area contributed by atoms with Gasteiger partial charge in [-0.3, -0.25) is 0 Å². The van der Waals surface area contributed by atoms with Crippen LogP contribution in [-0.2, 0) is 6.54 Å². The summed E-state index contributed by atoms with van der Waals surface area (Å²) >= 11 is 0. The first kappa shape index (κ1) is 16.5. The van der Waals surface area contributed by atoms with Crippen molar-refractivity contribution in [2.45, 2.75) is 46.2 Å². The van der Waals surface area contributed by atoms with E-state index < -0.39 is 0 Å². The van der Waals surface area contributed by atoms with Gasteiger partial charge in [0, 0.05) is 19.1 Å². The van der Waals surface area contributed by atoms with E-state index in [9.17, 15) is 0 Å². The third kappa shape index (κ3) is 4.31. The van der Waals surface area contributed by atoms with E-state index in [-0.39, 0.29) is 0 Å². The summed E-state index contributed by atoms with van der Waals surface area (Å²) in [6.45, 7) is 9.29. The monoisotopic (exact) mass is 288 g/mol. The van der Waals surface area contributed by atoms with Gasteiger partial charge in [-0.1, -0.05) is 38.1 Å². The second-order valence-electron chi connectivity index (χ2n) is 7.24. The summed E-state index contributed by atoms with van der Waals surface area (Å²) in [7, 11) is 4.40. The molecule has 0 bridgehead atoms. The second-order valence-corrected chi connectivity index (χ2v) is 7.24. The van der Waals surface area contributed by atoms with Gasteiger partial charge in [-0.15, -0.1) is 0 Å². The highest BCUT2D eigenvalue weighted by Crippen LogP contribution is 2.34. The molecule has 0 heterocycles. The molecule has 0 spiro atoms. The van der Waals surface area contributed by atoms with E-state index in [0.29, 0.717) is 6.04 Å². The minimum absolute atomic E-state index is 0.670. The zero-order valence-corrected chi connectivity index (χ0v) is 14.4. The molecule has 0 amide bonds. The zero-order chi connectivity index (χ0) is 15.4. The fourth-order valence-corrected chi connectivity index (χ4v) is 4.05. The summed E-state index contributed by atoms with van der Waals surface area (Å²) in [5.41, 5.74) is 2.86. The van der Waals surface area contributed by atoms with E-state index in [0.717, 1.165) is 24.3 Å². The minimum atomic E-state index is 0.670. The third-order valence-corrected chi connectivity index (χ3v) is 5.27. The lowest BCUT2D eigenvalue weighted by Crippen LogP contribution is -2.47. The van der Waals surface area contributed by atoms with Gasteiger partial charge in [0.2, 0.25) is 0 Å². The molecular formula is C19H32N2. The molecule has 118 valence electrons. The lowest BCUT2D eigenvalue weighted by atomic mass is 9.72. The first-order chi connectivity index (χ1) is 10.0. The van der Waals surface area contributed by atoms with Gasteiger partial charge in [0.1, 0.15) is 0 Å². The van der Waals surface area contributed by atoms with E-state index in [1.54, 1.807) is 0 Å². The van der Waals surface area contributed by atoms with Gasteiger partial charge >= 0.3 is 0 Å². The van der Waals surface area contributed by atoms with Crippen molar-refractivity contribution < 1.29 is 0 Å². The summed E-state index contributed by atoms with van der Waals surface area (Å²) in [5, 5.41) is 3.57. The number of nitrogens with zero attached hydrogens (tertiary/aromatic N) is 1. The Morgan fingerprint density at radius 1 is 1.19 bits per heavy atom. The highest BCUT2D eigenvalue weighted by Gasteiger charge is 2.33. The van der Waals surface area contributed by atoms with Crippen LogP contribution in [0, 0.1) is 24.7 Å². The number of hydrogen-bond acceptors (Lipinski definition) is 2. The molecule has 0 radical (unpaired) electrons. The number of rotatable bonds is 5. The fraction of sp³-hybridized carbons (Fsp3) is 0.684. The van der Waals surface area contributed by atoms with Crippen LogP contribution in [0.5, 0.6) is 0 Å². The van der Waals surface area contributed by atoms with Crippen molar-refractivity contribution in [3.63, 3.8) is 0 Å². The minimum Gasteiger partial charge on any atom is -0.317 e. The molecule has 0 aliphatic heterocycles. The predicted octanol–water partition coefficient (Wildman–Crippen LogP) is 3.70. The SMILES string of the molecule is CNC1CC(C)CC(C)C1CN(C)Cc1ccccc1C. The van der Waals surface area contributed by atoms with E-state index in [1.807, 2.05) is 0 Å². The average molecular weight is 288 g/mol. The maximum atomic E-state index is 3.57. The molecule has 0 aromatic heterocycles. The first-order valence-electron chi connectivity index (χ1n) is 8.41. The summed E-state index contributed by atoms with van der Waals surface area (Å²) in [6.07, 6.45) is 2.70. The Kier molecular flexibility index (Phi) is 5.83. The quantitative estimate of drug-likeness (QED) is 0.889. The van der Waals surface area contributed by atoms with Crippen molar-refractivity contribution in [3.8, 4) is 0 Å². The van der Waals surface area contributed by atoms with Crippen molar-refractivity contribution in [1.29, 1.82) is 0 Å². The van der Waals surface area contributed by atoms with Crippen molar-refractivity contribution in [3.05, 3.63) is 35.4 Å². The van der Waals surface area contributed by atoms with Crippen LogP contribution in [0.3, 0.4) is 0 Å². The summed E-state index contributed by atoms with van der Waals surface area (Å²) in [5.74, 6) is 2.43. The van der Waals surface area contributed by atoms with Crippen LogP contribution < -0.4 is 5.32 Å². The zero-order valence-electron chi connectivity index (χ0n) is 14.4. The van der Waals surface area contributed by atoms with Crippen molar-refractivity contribution in [2.24, 2.45) is 17.8 Å². The molecule has 0 saturated heterocycles. The first-order valence-corrected chi connectivity index (χ1v) is 8.41. The second kappa shape index (κ2) is 7.42. The number of benzene rings is 1. The average Bonchev–Trinajstić information content (AvgIpc) is 2.44. The molecular weight excluding hydrogens is 256 g/mol. The molecule has 1 aromatic carbocycles. The molecule has 4 unspecified atom stereocenters. The lowest BCUT2D eigenvalue weighted by Gasteiger charge is -2.41. The molecule has 1 aromatic rings. The molecule has 2 rings (SSSR count). The van der Waals surface area contributed by atoms with Gasteiger partial charge in [0.15, 0.2) is 0 Å². The Morgan fingerprint density at radius 2 is 1.90 bits per heavy atom. The molecule has 2 nitrogen and oxygen atoms in total. The van der Waals surface area contributed by atoms with Crippen molar-refractivity contribution in [2.75, 3.05) is 20.6 Å². The van der Waals surface area contributed by atoms with Gasteiger partial charge in [-0.05, 0) is 62.7 Å². The van der Waals surface area contributed by atoms with Crippen LogP contribution in [0.25, 0.3) is 0 Å². The Morgan fingerprint density at radius 3 is 2.57 bits per heavy atom. The number of nitrogens with one attached hydrogen (secondary N) is 1. The number of hydrogen-bond donors (Lipinski definition) is 1. The highest BCUT2D eigenvalue weighted by atomic mass is 15.1. The Balaban J connectivity index is 1.97. The van der Waals surface area contributed by atoms with Gasteiger partial charge in [-0.25, -0.2) is 0 Å². The molecule has 21 heavy (non-hydrogen) atoms. The third-order valence-electron chi connectivity index (χ3n) is 5.27. The van der Waals surface area contributed by atoms with Crippen LogP contribution in [0.1, 0.15) is 37.8 Å². The van der Waals surface area contributed by atoms with Crippen LogP contribution in [0.4, 0.5) is 0 Å². The predicted molar refractivity (Wildman–Crippen MR) is 91.4 cm³/mol. The Hall–Kier alpha value is -0.860. The fourth-order valence-electron chi connectivity index (χ4n) is 4.05. The van der Waals surface area contributed by atoms with Crippen molar-refractivity contribution in [1.82, 2.24) is 10.2 Å². The van der Waals surface area contributed by atoms with E-state index in [1.165, 1.54) is 30.5 Å².